The first-order valence-electron chi connectivity index (χ1n) is 6.32. The van der Waals surface area contributed by atoms with E-state index in [0.29, 0.717) is 11.8 Å². The second kappa shape index (κ2) is 6.17. The standard InChI is InChI=1S/C13H18N4O2/c1-4-5-11-16-13(19-17-11)9(2)15-10-6-7-12(18-3)14-8-10/h6-9,15H,4-5H2,1-3H3. The van der Waals surface area contributed by atoms with Crippen LogP contribution in [0.1, 0.15) is 38.0 Å². The van der Waals surface area contributed by atoms with Crippen LogP contribution in [0.15, 0.2) is 22.9 Å². The molecule has 6 nitrogen and oxygen atoms in total. The van der Waals surface area contributed by atoms with Crippen molar-refractivity contribution in [3.8, 4) is 5.88 Å². The van der Waals surface area contributed by atoms with E-state index in [-0.39, 0.29) is 6.04 Å². The fourth-order valence-electron chi connectivity index (χ4n) is 1.67. The number of pyridine rings is 1. The Morgan fingerprint density at radius 3 is 2.89 bits per heavy atom. The van der Waals surface area contributed by atoms with Crippen molar-refractivity contribution in [2.24, 2.45) is 0 Å². The van der Waals surface area contributed by atoms with E-state index in [4.69, 9.17) is 9.26 Å². The molecule has 0 amide bonds. The van der Waals surface area contributed by atoms with E-state index >= 15 is 0 Å². The first-order valence-corrected chi connectivity index (χ1v) is 6.32. The Labute approximate surface area is 112 Å². The molecule has 1 N–H and O–H groups in total. The number of anilines is 1. The summed E-state index contributed by atoms with van der Waals surface area (Å²) in [5, 5.41) is 7.18. The third-order valence-corrected chi connectivity index (χ3v) is 2.66. The van der Waals surface area contributed by atoms with Gasteiger partial charge in [-0.1, -0.05) is 12.1 Å². The zero-order chi connectivity index (χ0) is 13.7. The van der Waals surface area contributed by atoms with Gasteiger partial charge in [0.15, 0.2) is 5.82 Å². The van der Waals surface area contributed by atoms with Crippen molar-refractivity contribution in [1.29, 1.82) is 0 Å². The van der Waals surface area contributed by atoms with E-state index < -0.39 is 0 Å². The van der Waals surface area contributed by atoms with Crippen molar-refractivity contribution in [2.75, 3.05) is 12.4 Å². The minimum absolute atomic E-state index is 0.0618. The third kappa shape index (κ3) is 3.43. The minimum atomic E-state index is -0.0618. The Morgan fingerprint density at radius 1 is 1.42 bits per heavy atom. The van der Waals surface area contributed by atoms with Crippen molar-refractivity contribution in [2.45, 2.75) is 32.7 Å². The van der Waals surface area contributed by atoms with Crippen LogP contribution in [-0.2, 0) is 6.42 Å². The lowest BCUT2D eigenvalue weighted by molar-refractivity contribution is 0.362. The van der Waals surface area contributed by atoms with Gasteiger partial charge in [-0.2, -0.15) is 4.98 Å². The Balaban J connectivity index is 2.00. The van der Waals surface area contributed by atoms with Crippen LogP contribution in [0.3, 0.4) is 0 Å². The highest BCUT2D eigenvalue weighted by atomic mass is 16.5. The number of ether oxygens (including phenoxy) is 1. The second-order valence-electron chi connectivity index (χ2n) is 4.25. The molecule has 6 heteroatoms. The lowest BCUT2D eigenvalue weighted by atomic mass is 10.3. The van der Waals surface area contributed by atoms with Gasteiger partial charge >= 0.3 is 0 Å². The molecule has 0 aliphatic carbocycles. The van der Waals surface area contributed by atoms with Crippen LogP contribution in [0.25, 0.3) is 0 Å². The minimum Gasteiger partial charge on any atom is -0.481 e. The zero-order valence-electron chi connectivity index (χ0n) is 11.4. The van der Waals surface area contributed by atoms with Crippen LogP contribution in [0.5, 0.6) is 5.88 Å². The predicted molar refractivity (Wildman–Crippen MR) is 71.1 cm³/mol. The molecule has 0 aliphatic rings. The summed E-state index contributed by atoms with van der Waals surface area (Å²) in [6, 6.07) is 3.63. The smallest absolute Gasteiger partial charge is 0.248 e. The van der Waals surface area contributed by atoms with Crippen molar-refractivity contribution in [3.05, 3.63) is 30.0 Å². The van der Waals surface area contributed by atoms with Crippen molar-refractivity contribution in [1.82, 2.24) is 15.1 Å². The molecule has 19 heavy (non-hydrogen) atoms. The molecule has 0 saturated carbocycles. The number of nitrogens with zero attached hydrogens (tertiary/aromatic N) is 3. The fourth-order valence-corrected chi connectivity index (χ4v) is 1.67. The van der Waals surface area contributed by atoms with Gasteiger partial charge in [0.05, 0.1) is 19.0 Å². The summed E-state index contributed by atoms with van der Waals surface area (Å²) < 4.78 is 10.2. The molecule has 0 fully saturated rings. The van der Waals surface area contributed by atoms with Gasteiger partial charge in [0, 0.05) is 12.5 Å². The summed E-state index contributed by atoms with van der Waals surface area (Å²) in [5.74, 6) is 1.92. The van der Waals surface area contributed by atoms with E-state index in [1.807, 2.05) is 13.0 Å². The average molecular weight is 262 g/mol. The summed E-state index contributed by atoms with van der Waals surface area (Å²) in [4.78, 5) is 8.47. The number of methoxy groups -OCH3 is 1. The number of hydrogen-bond acceptors (Lipinski definition) is 6. The summed E-state index contributed by atoms with van der Waals surface area (Å²) in [6.45, 7) is 4.05. The average Bonchev–Trinajstić information content (AvgIpc) is 2.89. The Morgan fingerprint density at radius 2 is 2.26 bits per heavy atom. The molecule has 1 atom stereocenters. The van der Waals surface area contributed by atoms with Gasteiger partial charge in [-0.3, -0.25) is 0 Å². The van der Waals surface area contributed by atoms with Crippen LogP contribution in [-0.4, -0.2) is 22.2 Å². The first kappa shape index (κ1) is 13.3. The van der Waals surface area contributed by atoms with Gasteiger partial charge < -0.3 is 14.6 Å². The van der Waals surface area contributed by atoms with Gasteiger partial charge in [-0.25, -0.2) is 4.98 Å². The molecule has 2 heterocycles. The number of rotatable bonds is 6. The quantitative estimate of drug-likeness (QED) is 0.862. The van der Waals surface area contributed by atoms with E-state index in [1.165, 1.54) is 0 Å². The summed E-state index contributed by atoms with van der Waals surface area (Å²) >= 11 is 0. The Bertz CT molecular complexity index is 510. The second-order valence-corrected chi connectivity index (χ2v) is 4.25. The molecule has 102 valence electrons. The third-order valence-electron chi connectivity index (χ3n) is 2.66. The van der Waals surface area contributed by atoms with Crippen LogP contribution >= 0.6 is 0 Å². The van der Waals surface area contributed by atoms with Crippen LogP contribution in [0, 0.1) is 0 Å². The molecule has 0 spiro atoms. The molecule has 1 unspecified atom stereocenters. The topological polar surface area (TPSA) is 73.1 Å². The van der Waals surface area contributed by atoms with E-state index in [0.717, 1.165) is 24.4 Å². The molecule has 0 aliphatic heterocycles. The van der Waals surface area contributed by atoms with Gasteiger partial charge in [-0.05, 0) is 19.4 Å². The van der Waals surface area contributed by atoms with Gasteiger partial charge in [-0.15, -0.1) is 0 Å². The van der Waals surface area contributed by atoms with Crippen molar-refractivity contribution in [3.63, 3.8) is 0 Å². The largest absolute Gasteiger partial charge is 0.481 e. The maximum absolute atomic E-state index is 5.23. The maximum atomic E-state index is 5.23. The molecule has 2 rings (SSSR count). The van der Waals surface area contributed by atoms with E-state index in [1.54, 1.807) is 19.4 Å². The van der Waals surface area contributed by atoms with Crippen molar-refractivity contribution < 1.29 is 9.26 Å². The van der Waals surface area contributed by atoms with E-state index in [2.05, 4.69) is 27.4 Å². The van der Waals surface area contributed by atoms with Crippen LogP contribution < -0.4 is 10.1 Å². The maximum Gasteiger partial charge on any atom is 0.248 e. The van der Waals surface area contributed by atoms with Crippen molar-refractivity contribution >= 4 is 5.69 Å². The molecule has 2 aromatic heterocycles. The molecular weight excluding hydrogens is 244 g/mol. The molecule has 2 aromatic rings. The molecular formula is C13H18N4O2. The molecule has 0 aromatic carbocycles. The summed E-state index contributed by atoms with van der Waals surface area (Å²) in [5.41, 5.74) is 0.878. The summed E-state index contributed by atoms with van der Waals surface area (Å²) in [7, 11) is 1.59. The number of aromatic nitrogens is 3. The zero-order valence-corrected chi connectivity index (χ0v) is 11.4. The highest BCUT2D eigenvalue weighted by molar-refractivity contribution is 5.43. The Hall–Kier alpha value is -2.11. The normalized spacial score (nSPS) is 12.2. The lowest BCUT2D eigenvalue weighted by Gasteiger charge is -2.10. The predicted octanol–water partition coefficient (Wildman–Crippen LogP) is 2.60. The van der Waals surface area contributed by atoms with E-state index in [9.17, 15) is 0 Å². The SMILES string of the molecule is CCCc1noc(C(C)Nc2ccc(OC)nc2)n1. The first-order chi connectivity index (χ1) is 9.22. The number of nitrogens with one attached hydrogen (secondary N) is 1. The van der Waals surface area contributed by atoms with Gasteiger partial charge in [0.1, 0.15) is 6.04 Å². The van der Waals surface area contributed by atoms with Crippen LogP contribution in [0.2, 0.25) is 0 Å². The lowest BCUT2D eigenvalue weighted by Crippen LogP contribution is -2.07. The summed E-state index contributed by atoms with van der Waals surface area (Å²) in [6.07, 6.45) is 3.54. The highest BCUT2D eigenvalue weighted by Crippen LogP contribution is 2.18. The van der Waals surface area contributed by atoms with Crippen LogP contribution in [0.4, 0.5) is 5.69 Å². The highest BCUT2D eigenvalue weighted by Gasteiger charge is 2.13. The Kier molecular flexibility index (Phi) is 4.33. The number of hydrogen-bond donors (Lipinski definition) is 1. The molecule has 0 saturated heterocycles. The molecule has 0 bridgehead atoms. The van der Waals surface area contributed by atoms with Gasteiger partial charge in [0.2, 0.25) is 11.8 Å². The number of aryl methyl sites for hydroxylation is 1. The molecule has 0 radical (unpaired) electrons. The monoisotopic (exact) mass is 262 g/mol. The fraction of sp³-hybridized carbons (Fsp3) is 0.462. The van der Waals surface area contributed by atoms with Gasteiger partial charge in [0.25, 0.3) is 0 Å².